The average molecular weight is 372 g/mol. The second kappa shape index (κ2) is 7.99. The van der Waals surface area contributed by atoms with E-state index in [1.165, 1.54) is 0 Å². The van der Waals surface area contributed by atoms with Crippen molar-refractivity contribution in [3.05, 3.63) is 69.2 Å². The molecule has 3 rings (SSSR count). The minimum absolute atomic E-state index is 0.0867. The summed E-state index contributed by atoms with van der Waals surface area (Å²) < 4.78 is 6.78. The summed E-state index contributed by atoms with van der Waals surface area (Å²) in [6.07, 6.45) is 0. The van der Waals surface area contributed by atoms with Gasteiger partial charge in [0.1, 0.15) is 5.82 Å². The minimum atomic E-state index is -0.127. The molecule has 2 aromatic carbocycles. The van der Waals surface area contributed by atoms with Crippen LogP contribution in [0.2, 0.25) is 5.02 Å². The van der Waals surface area contributed by atoms with Crippen molar-refractivity contribution in [3.8, 4) is 5.69 Å². The zero-order chi connectivity index (χ0) is 18.7. The largest absolute Gasteiger partial charge is 0.383 e. The van der Waals surface area contributed by atoms with E-state index in [4.69, 9.17) is 21.3 Å². The summed E-state index contributed by atoms with van der Waals surface area (Å²) in [7, 11) is 1.66. The molecule has 6 heteroatoms. The normalized spacial score (nSPS) is 12.5. The van der Waals surface area contributed by atoms with E-state index in [0.717, 1.165) is 11.3 Å². The predicted molar refractivity (Wildman–Crippen MR) is 105 cm³/mol. The van der Waals surface area contributed by atoms with Gasteiger partial charge in [-0.2, -0.15) is 0 Å². The molecule has 0 aliphatic heterocycles. The second-order valence-corrected chi connectivity index (χ2v) is 6.66. The van der Waals surface area contributed by atoms with Crippen LogP contribution in [0.3, 0.4) is 0 Å². The number of aryl methyl sites for hydroxylation is 1. The molecule has 3 aromatic rings. The molecule has 0 aliphatic rings. The van der Waals surface area contributed by atoms with Crippen molar-refractivity contribution in [2.75, 3.05) is 20.3 Å². The maximum Gasteiger partial charge on any atom is 0.266 e. The Morgan fingerprint density at radius 3 is 2.77 bits per heavy atom. The highest BCUT2D eigenvalue weighted by Gasteiger charge is 2.18. The highest BCUT2D eigenvalue weighted by molar-refractivity contribution is 6.30. The third-order valence-electron chi connectivity index (χ3n) is 4.35. The zero-order valence-corrected chi connectivity index (χ0v) is 15.9. The third kappa shape index (κ3) is 3.65. The van der Waals surface area contributed by atoms with Gasteiger partial charge in [0.25, 0.3) is 5.56 Å². The molecular formula is C20H22ClN3O2. The fraction of sp³-hybridized carbons (Fsp3) is 0.300. The van der Waals surface area contributed by atoms with Crippen LogP contribution in [0.1, 0.15) is 24.4 Å². The summed E-state index contributed by atoms with van der Waals surface area (Å²) in [5, 5.41) is 4.59. The first-order valence-corrected chi connectivity index (χ1v) is 8.91. The van der Waals surface area contributed by atoms with E-state index in [9.17, 15) is 4.79 Å². The van der Waals surface area contributed by atoms with Crippen LogP contribution in [-0.4, -0.2) is 29.8 Å². The van der Waals surface area contributed by atoms with Gasteiger partial charge >= 0.3 is 0 Å². The summed E-state index contributed by atoms with van der Waals surface area (Å²) in [5.74, 6) is 0.662. The van der Waals surface area contributed by atoms with Crippen LogP contribution in [0.25, 0.3) is 16.6 Å². The molecule has 5 nitrogen and oxygen atoms in total. The molecule has 0 radical (unpaired) electrons. The zero-order valence-electron chi connectivity index (χ0n) is 15.1. The molecule has 0 saturated carbocycles. The van der Waals surface area contributed by atoms with Gasteiger partial charge in [0.05, 0.1) is 29.2 Å². The Kier molecular flexibility index (Phi) is 5.71. The highest BCUT2D eigenvalue weighted by Crippen LogP contribution is 2.22. The Morgan fingerprint density at radius 1 is 1.27 bits per heavy atom. The lowest BCUT2D eigenvalue weighted by Gasteiger charge is -2.20. The Labute approximate surface area is 157 Å². The summed E-state index contributed by atoms with van der Waals surface area (Å²) >= 11 is 6.10. The molecule has 0 amide bonds. The van der Waals surface area contributed by atoms with E-state index < -0.39 is 0 Å². The molecule has 1 atom stereocenters. The quantitative estimate of drug-likeness (QED) is 0.672. The maximum atomic E-state index is 13.3. The van der Waals surface area contributed by atoms with Gasteiger partial charge < -0.3 is 10.1 Å². The van der Waals surface area contributed by atoms with Gasteiger partial charge in [-0.15, -0.1) is 0 Å². The van der Waals surface area contributed by atoms with E-state index in [1.807, 2.05) is 44.2 Å². The number of ether oxygens (including phenoxy) is 1. The number of aromatic nitrogens is 2. The lowest BCUT2D eigenvalue weighted by molar-refractivity contribution is 0.196. The number of nitrogens with zero attached hydrogens (tertiary/aromatic N) is 2. The van der Waals surface area contributed by atoms with Crippen LogP contribution >= 0.6 is 11.6 Å². The number of fused-ring (bicyclic) bond motifs is 1. The Morgan fingerprint density at radius 2 is 2.04 bits per heavy atom. The van der Waals surface area contributed by atoms with Gasteiger partial charge in [0.15, 0.2) is 0 Å². The molecule has 1 N–H and O–H groups in total. The average Bonchev–Trinajstić information content (AvgIpc) is 2.62. The molecule has 0 bridgehead atoms. The van der Waals surface area contributed by atoms with Crippen LogP contribution < -0.4 is 10.9 Å². The van der Waals surface area contributed by atoms with E-state index in [2.05, 4.69) is 5.32 Å². The molecule has 1 heterocycles. The number of rotatable bonds is 6. The summed E-state index contributed by atoms with van der Waals surface area (Å²) in [5.41, 5.74) is 2.31. The topological polar surface area (TPSA) is 56.1 Å². The second-order valence-electron chi connectivity index (χ2n) is 6.23. The van der Waals surface area contributed by atoms with E-state index in [1.54, 1.807) is 23.8 Å². The summed E-state index contributed by atoms with van der Waals surface area (Å²) in [6.45, 7) is 5.19. The maximum absolute atomic E-state index is 13.3. The first kappa shape index (κ1) is 18.6. The third-order valence-corrected chi connectivity index (χ3v) is 4.58. The lowest BCUT2D eigenvalue weighted by atomic mass is 10.1. The monoisotopic (exact) mass is 371 g/mol. The van der Waals surface area contributed by atoms with Gasteiger partial charge in [0.2, 0.25) is 0 Å². The number of methoxy groups -OCH3 is 1. The van der Waals surface area contributed by atoms with Crippen molar-refractivity contribution >= 4 is 22.5 Å². The first-order chi connectivity index (χ1) is 12.5. The number of para-hydroxylation sites is 1. The summed E-state index contributed by atoms with van der Waals surface area (Å²) in [4.78, 5) is 18.0. The number of nitrogens with one attached hydrogen (secondary N) is 1. The van der Waals surface area contributed by atoms with Gasteiger partial charge in [-0.05, 0) is 49.7 Å². The van der Waals surface area contributed by atoms with Crippen molar-refractivity contribution < 1.29 is 4.74 Å². The fourth-order valence-corrected chi connectivity index (χ4v) is 3.24. The molecule has 0 aliphatic carbocycles. The molecular weight excluding hydrogens is 350 g/mol. The van der Waals surface area contributed by atoms with E-state index in [-0.39, 0.29) is 11.6 Å². The molecule has 26 heavy (non-hydrogen) atoms. The van der Waals surface area contributed by atoms with E-state index in [0.29, 0.717) is 34.9 Å². The van der Waals surface area contributed by atoms with Crippen molar-refractivity contribution in [1.29, 1.82) is 0 Å². The molecule has 0 saturated heterocycles. The van der Waals surface area contributed by atoms with Crippen molar-refractivity contribution in [2.24, 2.45) is 0 Å². The molecule has 1 aromatic heterocycles. The number of hydrogen-bond donors (Lipinski definition) is 1. The SMILES string of the molecule is COCCNC(C)c1nc2ccccc2c(=O)n1-c1ccc(Cl)cc1C. The van der Waals surface area contributed by atoms with Gasteiger partial charge in [-0.1, -0.05) is 23.7 Å². The number of halogens is 1. The van der Waals surface area contributed by atoms with Crippen LogP contribution in [-0.2, 0) is 4.74 Å². The number of hydrogen-bond acceptors (Lipinski definition) is 4. The first-order valence-electron chi connectivity index (χ1n) is 8.53. The van der Waals surface area contributed by atoms with Gasteiger partial charge in [0, 0.05) is 18.7 Å². The Balaban J connectivity index is 2.22. The smallest absolute Gasteiger partial charge is 0.266 e. The standard InChI is InChI=1S/C20H22ClN3O2/c1-13-12-15(21)8-9-18(13)24-19(14(2)22-10-11-26-3)23-17-7-5-4-6-16(17)20(24)25/h4-9,12,14,22H,10-11H2,1-3H3. The molecule has 0 spiro atoms. The van der Waals surface area contributed by atoms with Crippen LogP contribution in [0.5, 0.6) is 0 Å². The summed E-state index contributed by atoms with van der Waals surface area (Å²) in [6, 6.07) is 12.8. The Bertz CT molecular complexity index is 984. The fourth-order valence-electron chi connectivity index (χ4n) is 3.01. The molecule has 0 fully saturated rings. The van der Waals surface area contributed by atoms with Crippen molar-refractivity contribution in [1.82, 2.24) is 14.9 Å². The minimum Gasteiger partial charge on any atom is -0.383 e. The molecule has 1 unspecified atom stereocenters. The van der Waals surface area contributed by atoms with Crippen LogP contribution in [0.15, 0.2) is 47.3 Å². The van der Waals surface area contributed by atoms with Crippen molar-refractivity contribution in [3.63, 3.8) is 0 Å². The van der Waals surface area contributed by atoms with Crippen LogP contribution in [0.4, 0.5) is 0 Å². The predicted octanol–water partition coefficient (Wildman–Crippen LogP) is 3.64. The lowest BCUT2D eigenvalue weighted by Crippen LogP contribution is -2.31. The van der Waals surface area contributed by atoms with Gasteiger partial charge in [-0.25, -0.2) is 4.98 Å². The Hall–Kier alpha value is -2.21. The number of benzene rings is 2. The van der Waals surface area contributed by atoms with Gasteiger partial charge in [-0.3, -0.25) is 9.36 Å². The molecule has 136 valence electrons. The van der Waals surface area contributed by atoms with E-state index >= 15 is 0 Å². The highest BCUT2D eigenvalue weighted by atomic mass is 35.5. The van der Waals surface area contributed by atoms with Crippen molar-refractivity contribution in [2.45, 2.75) is 19.9 Å². The van der Waals surface area contributed by atoms with Crippen LogP contribution in [0, 0.1) is 6.92 Å².